The minimum absolute atomic E-state index is 0.181. The Kier molecular flexibility index (Phi) is 6.74. The first-order valence-electron chi connectivity index (χ1n) is 8.72. The van der Waals surface area contributed by atoms with Crippen molar-refractivity contribution in [1.82, 2.24) is 15.1 Å². The highest BCUT2D eigenvalue weighted by molar-refractivity contribution is 5.92. The van der Waals surface area contributed by atoms with Gasteiger partial charge in [-0.05, 0) is 31.0 Å². The molecule has 1 aromatic carbocycles. The first-order valence-corrected chi connectivity index (χ1v) is 8.72. The molecule has 0 saturated carbocycles. The molecule has 6 heteroatoms. The zero-order valence-corrected chi connectivity index (χ0v) is 15.2. The summed E-state index contributed by atoms with van der Waals surface area (Å²) >= 11 is 0. The molecule has 6 nitrogen and oxygen atoms in total. The van der Waals surface area contributed by atoms with E-state index in [1.165, 1.54) is 16.8 Å². The topological polar surface area (TPSA) is 67.2 Å². The SMILES string of the molecule is CCCCn1nc(C(=O)NCc2ccccc2N(C)CC)ccc1=O. The zero-order valence-electron chi connectivity index (χ0n) is 15.2. The maximum Gasteiger partial charge on any atom is 0.271 e. The highest BCUT2D eigenvalue weighted by Gasteiger charge is 2.11. The number of aryl methyl sites for hydroxylation is 1. The summed E-state index contributed by atoms with van der Waals surface area (Å²) in [6.45, 7) is 5.95. The van der Waals surface area contributed by atoms with Crippen LogP contribution in [-0.2, 0) is 13.1 Å². The molecule has 25 heavy (non-hydrogen) atoms. The molecule has 0 fully saturated rings. The summed E-state index contributed by atoms with van der Waals surface area (Å²) in [6, 6.07) is 10.8. The highest BCUT2D eigenvalue weighted by atomic mass is 16.2. The van der Waals surface area contributed by atoms with E-state index in [0.29, 0.717) is 13.1 Å². The second kappa shape index (κ2) is 9.01. The number of amides is 1. The van der Waals surface area contributed by atoms with Gasteiger partial charge in [-0.2, -0.15) is 5.10 Å². The quantitative estimate of drug-likeness (QED) is 0.800. The molecular weight excluding hydrogens is 316 g/mol. The fraction of sp³-hybridized carbons (Fsp3) is 0.421. The average molecular weight is 342 g/mol. The third kappa shape index (κ3) is 4.92. The molecule has 0 aliphatic heterocycles. The van der Waals surface area contributed by atoms with E-state index in [1.54, 1.807) is 0 Å². The maximum atomic E-state index is 12.4. The lowest BCUT2D eigenvalue weighted by Crippen LogP contribution is -2.30. The summed E-state index contributed by atoms with van der Waals surface area (Å²) < 4.78 is 1.36. The summed E-state index contributed by atoms with van der Waals surface area (Å²) in [5.74, 6) is -0.279. The molecule has 2 rings (SSSR count). The van der Waals surface area contributed by atoms with Gasteiger partial charge >= 0.3 is 0 Å². The second-order valence-corrected chi connectivity index (χ2v) is 5.96. The van der Waals surface area contributed by atoms with Gasteiger partial charge in [-0.25, -0.2) is 4.68 Å². The van der Waals surface area contributed by atoms with Gasteiger partial charge < -0.3 is 10.2 Å². The standard InChI is InChI=1S/C19H26N4O2/c1-4-6-13-23-18(24)12-11-16(21-23)19(25)20-14-15-9-7-8-10-17(15)22(3)5-2/h7-12H,4-6,13-14H2,1-3H3,(H,20,25). The number of carbonyl (C=O) groups is 1. The van der Waals surface area contributed by atoms with Gasteiger partial charge in [0.05, 0.1) is 0 Å². The maximum absolute atomic E-state index is 12.4. The molecule has 134 valence electrons. The van der Waals surface area contributed by atoms with E-state index in [0.717, 1.165) is 30.6 Å². The molecule has 1 aromatic heterocycles. The summed E-state index contributed by atoms with van der Waals surface area (Å²) in [4.78, 5) is 26.3. The molecule has 0 bridgehead atoms. The average Bonchev–Trinajstić information content (AvgIpc) is 2.65. The normalized spacial score (nSPS) is 10.5. The molecular formula is C19H26N4O2. The summed E-state index contributed by atoms with van der Waals surface area (Å²) in [7, 11) is 2.02. The van der Waals surface area contributed by atoms with Crippen molar-refractivity contribution < 1.29 is 4.79 Å². The van der Waals surface area contributed by atoms with E-state index in [-0.39, 0.29) is 17.2 Å². The minimum atomic E-state index is -0.279. The van der Waals surface area contributed by atoms with E-state index >= 15 is 0 Å². The van der Waals surface area contributed by atoms with Crippen molar-refractivity contribution in [1.29, 1.82) is 0 Å². The molecule has 0 aliphatic rings. The molecule has 2 aromatic rings. The van der Waals surface area contributed by atoms with Gasteiger partial charge in [0.2, 0.25) is 0 Å². The Morgan fingerprint density at radius 1 is 1.20 bits per heavy atom. The molecule has 0 radical (unpaired) electrons. The van der Waals surface area contributed by atoms with Crippen LogP contribution in [0.25, 0.3) is 0 Å². The van der Waals surface area contributed by atoms with Crippen LogP contribution in [0.3, 0.4) is 0 Å². The molecule has 0 saturated heterocycles. The lowest BCUT2D eigenvalue weighted by molar-refractivity contribution is 0.0943. The molecule has 1 amide bonds. The number of unbranched alkanes of at least 4 members (excludes halogenated alkanes) is 1. The smallest absolute Gasteiger partial charge is 0.271 e. The van der Waals surface area contributed by atoms with Gasteiger partial charge in [0.1, 0.15) is 5.69 Å². The molecule has 0 atom stereocenters. The number of hydrogen-bond donors (Lipinski definition) is 1. The van der Waals surface area contributed by atoms with Crippen LogP contribution in [0.5, 0.6) is 0 Å². The first-order chi connectivity index (χ1) is 12.1. The Morgan fingerprint density at radius 2 is 1.96 bits per heavy atom. The number of nitrogens with zero attached hydrogens (tertiary/aromatic N) is 3. The number of carbonyl (C=O) groups excluding carboxylic acids is 1. The van der Waals surface area contributed by atoms with Crippen molar-refractivity contribution in [2.24, 2.45) is 0 Å². The van der Waals surface area contributed by atoms with Crippen LogP contribution in [0.1, 0.15) is 42.7 Å². The predicted octanol–water partition coefficient (Wildman–Crippen LogP) is 2.43. The van der Waals surface area contributed by atoms with E-state index in [4.69, 9.17) is 0 Å². The van der Waals surface area contributed by atoms with Crippen molar-refractivity contribution >= 4 is 11.6 Å². The van der Waals surface area contributed by atoms with Crippen LogP contribution in [-0.4, -0.2) is 29.3 Å². The zero-order chi connectivity index (χ0) is 18.2. The molecule has 1 heterocycles. The highest BCUT2D eigenvalue weighted by Crippen LogP contribution is 2.18. The number of hydrogen-bond acceptors (Lipinski definition) is 4. The van der Waals surface area contributed by atoms with Crippen LogP contribution < -0.4 is 15.8 Å². The van der Waals surface area contributed by atoms with Crippen molar-refractivity contribution in [2.45, 2.75) is 39.8 Å². The van der Waals surface area contributed by atoms with Gasteiger partial charge in [-0.15, -0.1) is 0 Å². The number of para-hydroxylation sites is 1. The third-order valence-corrected chi connectivity index (χ3v) is 4.14. The van der Waals surface area contributed by atoms with E-state index < -0.39 is 0 Å². The number of rotatable bonds is 8. The Labute approximate surface area is 148 Å². The van der Waals surface area contributed by atoms with Crippen LogP contribution in [0.2, 0.25) is 0 Å². The number of benzene rings is 1. The lowest BCUT2D eigenvalue weighted by Gasteiger charge is -2.20. The number of aromatic nitrogens is 2. The molecule has 1 N–H and O–H groups in total. The Hall–Kier alpha value is -2.63. The Bertz CT molecular complexity index is 770. The summed E-state index contributed by atoms with van der Waals surface area (Å²) in [5, 5.41) is 7.07. The molecule has 0 spiro atoms. The summed E-state index contributed by atoms with van der Waals surface area (Å²) in [6.07, 6.45) is 1.82. The monoisotopic (exact) mass is 342 g/mol. The van der Waals surface area contributed by atoms with Crippen LogP contribution >= 0.6 is 0 Å². The van der Waals surface area contributed by atoms with Crippen molar-refractivity contribution in [3.05, 3.63) is 58.0 Å². The van der Waals surface area contributed by atoms with E-state index in [1.807, 2.05) is 38.2 Å². The largest absolute Gasteiger partial charge is 0.375 e. The Balaban J connectivity index is 2.10. The first kappa shape index (κ1) is 18.7. The van der Waals surface area contributed by atoms with E-state index in [9.17, 15) is 9.59 Å². The second-order valence-electron chi connectivity index (χ2n) is 5.96. The van der Waals surface area contributed by atoms with Gasteiger partial charge in [-0.1, -0.05) is 31.5 Å². The van der Waals surface area contributed by atoms with Crippen molar-refractivity contribution in [3.63, 3.8) is 0 Å². The minimum Gasteiger partial charge on any atom is -0.375 e. The summed E-state index contributed by atoms with van der Waals surface area (Å²) in [5.41, 5.74) is 2.21. The van der Waals surface area contributed by atoms with Crippen molar-refractivity contribution in [2.75, 3.05) is 18.5 Å². The molecule has 0 unspecified atom stereocenters. The van der Waals surface area contributed by atoms with Crippen molar-refractivity contribution in [3.8, 4) is 0 Å². The van der Waals surface area contributed by atoms with E-state index in [2.05, 4.69) is 22.2 Å². The van der Waals surface area contributed by atoms with Gasteiger partial charge in [0.25, 0.3) is 11.5 Å². The fourth-order valence-corrected chi connectivity index (χ4v) is 2.51. The van der Waals surface area contributed by atoms with Crippen LogP contribution in [0.4, 0.5) is 5.69 Å². The Morgan fingerprint density at radius 3 is 2.68 bits per heavy atom. The third-order valence-electron chi connectivity index (χ3n) is 4.14. The number of nitrogens with one attached hydrogen (secondary N) is 1. The number of anilines is 1. The van der Waals surface area contributed by atoms with Gasteiger partial charge in [0, 0.05) is 38.4 Å². The fourth-order valence-electron chi connectivity index (χ4n) is 2.51. The predicted molar refractivity (Wildman–Crippen MR) is 100.0 cm³/mol. The van der Waals surface area contributed by atoms with Gasteiger partial charge in [0.15, 0.2) is 0 Å². The van der Waals surface area contributed by atoms with Crippen LogP contribution in [0, 0.1) is 0 Å². The lowest BCUT2D eigenvalue weighted by atomic mass is 10.1. The van der Waals surface area contributed by atoms with Crippen LogP contribution in [0.15, 0.2) is 41.2 Å². The van der Waals surface area contributed by atoms with Gasteiger partial charge in [-0.3, -0.25) is 9.59 Å². The molecule has 0 aliphatic carbocycles.